The largest absolute Gasteiger partial charge is 0.314 e. The Balaban J connectivity index is 1.37. The first kappa shape index (κ1) is 41.8. The Morgan fingerprint density at radius 1 is 0.574 bits per heavy atom. The maximum absolute atomic E-state index is 3.15. The van der Waals surface area contributed by atoms with Crippen LogP contribution >= 0.6 is 9.24 Å². The molecule has 0 spiro atoms. The molecule has 8 rings (SSSR count). The van der Waals surface area contributed by atoms with E-state index >= 15 is 0 Å². The fourth-order valence-electron chi connectivity index (χ4n) is 9.30. The van der Waals surface area contributed by atoms with E-state index in [1.165, 1.54) is 100 Å². The highest BCUT2D eigenvalue weighted by atomic mass is 31.0. The van der Waals surface area contributed by atoms with E-state index in [1.54, 1.807) is 0 Å². The summed E-state index contributed by atoms with van der Waals surface area (Å²) in [4.78, 5) is 2.59. The molecule has 0 N–H and O–H groups in total. The Hall–Kier alpha value is -5.93. The lowest BCUT2D eigenvalue weighted by Crippen LogP contribution is -2.20. The standard InChI is InChI=1S/C59H58NP/c1-8-39(3)48-23-15-17-26-54(48)56-38-47(33-30-42(56)6)60(46-34-31-45(32-35-46)53-29-19-28-52(59(53)61)44-21-11-10-12-22-44)57-37-36-51(50-25-14-13-20-41(50)5)43(7)58(57)55-27-18-16-24-49(55)40(4)9-2/h11,13-31,33-34,36-40H,8-9,32,35,61H2,1-7H3. The van der Waals surface area contributed by atoms with Gasteiger partial charge in [0.05, 0.1) is 5.69 Å². The molecule has 0 amide bonds. The second-order valence-corrected chi connectivity index (χ2v) is 17.5. The maximum atomic E-state index is 3.15. The lowest BCUT2D eigenvalue weighted by atomic mass is 9.84. The van der Waals surface area contributed by atoms with Crippen LogP contribution in [0.1, 0.15) is 104 Å². The van der Waals surface area contributed by atoms with Crippen molar-refractivity contribution in [2.75, 3.05) is 4.90 Å². The first-order valence-electron chi connectivity index (χ1n) is 22.2. The van der Waals surface area contributed by atoms with Gasteiger partial charge in [0.15, 0.2) is 0 Å². The lowest BCUT2D eigenvalue weighted by molar-refractivity contribution is 0.735. The van der Waals surface area contributed by atoms with Crippen LogP contribution in [0.4, 0.5) is 11.4 Å². The topological polar surface area (TPSA) is 3.24 Å². The molecule has 304 valence electrons. The van der Waals surface area contributed by atoms with Crippen molar-refractivity contribution in [1.29, 1.82) is 0 Å². The summed E-state index contributed by atoms with van der Waals surface area (Å²) in [5.41, 5.74) is 29.3. The van der Waals surface area contributed by atoms with Crippen LogP contribution in [0.2, 0.25) is 0 Å². The number of allylic oxidation sites excluding steroid dienone is 8. The molecule has 2 aliphatic carbocycles. The average molecular weight is 812 g/mol. The van der Waals surface area contributed by atoms with Gasteiger partial charge >= 0.3 is 0 Å². The third-order valence-corrected chi connectivity index (χ3v) is 13.8. The predicted octanol–water partition coefficient (Wildman–Crippen LogP) is 16.3. The third kappa shape index (κ3) is 8.28. The molecule has 6 aromatic rings. The van der Waals surface area contributed by atoms with Gasteiger partial charge in [-0.15, -0.1) is 9.24 Å². The smallest absolute Gasteiger partial charge is 0.0540 e. The van der Waals surface area contributed by atoms with Crippen molar-refractivity contribution in [3.05, 3.63) is 208 Å². The van der Waals surface area contributed by atoms with Gasteiger partial charge in [-0.25, -0.2) is 0 Å². The minimum absolute atomic E-state index is 0.408. The summed E-state index contributed by atoms with van der Waals surface area (Å²) < 4.78 is 0. The molecule has 61 heavy (non-hydrogen) atoms. The van der Waals surface area contributed by atoms with Gasteiger partial charge in [-0.1, -0.05) is 148 Å². The molecular weight excluding hydrogens is 754 g/mol. The first-order chi connectivity index (χ1) is 29.7. The van der Waals surface area contributed by atoms with Crippen LogP contribution in [0.25, 0.3) is 44.5 Å². The van der Waals surface area contributed by atoms with Crippen molar-refractivity contribution in [2.45, 2.75) is 86.0 Å². The zero-order chi connectivity index (χ0) is 42.6. The Bertz CT molecular complexity index is 2830. The summed E-state index contributed by atoms with van der Waals surface area (Å²) in [5.74, 6) is 0.865. The summed E-state index contributed by atoms with van der Waals surface area (Å²) >= 11 is 0. The number of anilines is 2. The molecular formula is C59H58NP. The van der Waals surface area contributed by atoms with Crippen molar-refractivity contribution in [1.82, 2.24) is 0 Å². The Morgan fingerprint density at radius 3 is 1.89 bits per heavy atom. The average Bonchev–Trinajstić information content (AvgIpc) is 3.30. The molecule has 3 atom stereocenters. The molecule has 2 aliphatic rings. The highest BCUT2D eigenvalue weighted by Crippen LogP contribution is 2.48. The van der Waals surface area contributed by atoms with Gasteiger partial charge in [-0.05, 0) is 184 Å². The van der Waals surface area contributed by atoms with Gasteiger partial charge in [0.25, 0.3) is 0 Å². The minimum atomic E-state index is 0.408. The predicted molar refractivity (Wildman–Crippen MR) is 268 cm³/mol. The molecule has 0 fully saturated rings. The van der Waals surface area contributed by atoms with Crippen LogP contribution in [0.3, 0.4) is 0 Å². The van der Waals surface area contributed by atoms with E-state index < -0.39 is 0 Å². The van der Waals surface area contributed by atoms with E-state index in [2.05, 4.69) is 214 Å². The molecule has 6 aromatic carbocycles. The van der Waals surface area contributed by atoms with E-state index in [0.29, 0.717) is 11.8 Å². The monoisotopic (exact) mass is 811 g/mol. The Kier molecular flexibility index (Phi) is 12.6. The van der Waals surface area contributed by atoms with Crippen molar-refractivity contribution in [2.24, 2.45) is 0 Å². The SMILES string of the molecule is CCC(C)c1ccccc1-c1cc(N(C2=CC=C(c3cccc(C4=CC=C=C=C4)c3P)CC2)c2ccc(-c3ccccc3C)c(C)c2-c2ccccc2C(C)CC)ccc1C. The second-order valence-electron chi connectivity index (χ2n) is 16.9. The van der Waals surface area contributed by atoms with Gasteiger partial charge in [0.2, 0.25) is 0 Å². The number of nitrogens with zero attached hydrogens (tertiary/aromatic N) is 1. The summed E-state index contributed by atoms with van der Waals surface area (Å²) in [7, 11) is 3.05. The fourth-order valence-corrected chi connectivity index (χ4v) is 9.85. The van der Waals surface area contributed by atoms with Crippen molar-refractivity contribution in [3.8, 4) is 33.4 Å². The molecule has 0 aromatic heterocycles. The molecule has 0 saturated heterocycles. The molecule has 0 heterocycles. The van der Waals surface area contributed by atoms with Crippen molar-refractivity contribution < 1.29 is 0 Å². The van der Waals surface area contributed by atoms with Gasteiger partial charge in [0.1, 0.15) is 0 Å². The minimum Gasteiger partial charge on any atom is -0.314 e. The molecule has 0 bridgehead atoms. The zero-order valence-electron chi connectivity index (χ0n) is 36.9. The van der Waals surface area contributed by atoms with E-state index in [4.69, 9.17) is 0 Å². The first-order valence-corrected chi connectivity index (χ1v) is 22.7. The van der Waals surface area contributed by atoms with Gasteiger partial charge < -0.3 is 4.90 Å². The van der Waals surface area contributed by atoms with E-state index in [0.717, 1.165) is 31.3 Å². The fraction of sp³-hybridized carbons (Fsp3) is 0.220. The van der Waals surface area contributed by atoms with Crippen molar-refractivity contribution >= 4 is 37.1 Å². The van der Waals surface area contributed by atoms with Gasteiger partial charge in [-0.3, -0.25) is 0 Å². The highest BCUT2D eigenvalue weighted by molar-refractivity contribution is 7.28. The molecule has 1 nitrogen and oxygen atoms in total. The van der Waals surface area contributed by atoms with Gasteiger partial charge in [0, 0.05) is 16.9 Å². The summed E-state index contributed by atoms with van der Waals surface area (Å²) in [6, 6.07) is 45.6. The quantitative estimate of drug-likeness (QED) is 0.0879. The van der Waals surface area contributed by atoms with E-state index in [-0.39, 0.29) is 0 Å². The van der Waals surface area contributed by atoms with Gasteiger partial charge in [-0.2, -0.15) is 0 Å². The van der Waals surface area contributed by atoms with Crippen LogP contribution in [0, 0.1) is 20.8 Å². The van der Waals surface area contributed by atoms with Crippen LogP contribution in [0.5, 0.6) is 0 Å². The molecule has 0 aliphatic heterocycles. The van der Waals surface area contributed by atoms with E-state index in [1.807, 2.05) is 12.2 Å². The Labute approximate surface area is 367 Å². The number of benzene rings is 6. The number of aryl methyl sites for hydroxylation is 2. The summed E-state index contributed by atoms with van der Waals surface area (Å²) in [6.07, 6.45) is 14.8. The number of rotatable bonds is 12. The molecule has 2 heteroatoms. The summed E-state index contributed by atoms with van der Waals surface area (Å²) in [5, 5.41) is 1.22. The highest BCUT2D eigenvalue weighted by Gasteiger charge is 2.27. The maximum Gasteiger partial charge on any atom is 0.0540 e. The van der Waals surface area contributed by atoms with Crippen LogP contribution in [0.15, 0.2) is 169 Å². The number of hydrogen-bond donors (Lipinski definition) is 0. The normalized spacial score (nSPS) is 14.3. The van der Waals surface area contributed by atoms with Crippen LogP contribution < -0.4 is 10.2 Å². The zero-order valence-corrected chi connectivity index (χ0v) is 38.1. The lowest BCUT2D eigenvalue weighted by Gasteiger charge is -2.34. The number of hydrogen-bond acceptors (Lipinski definition) is 1. The molecule has 0 saturated carbocycles. The van der Waals surface area contributed by atoms with Crippen LogP contribution in [-0.2, 0) is 0 Å². The molecule has 3 unspecified atom stereocenters. The second kappa shape index (κ2) is 18.4. The van der Waals surface area contributed by atoms with Crippen LogP contribution in [-0.4, -0.2) is 0 Å². The third-order valence-electron chi connectivity index (χ3n) is 13.2. The summed E-state index contributed by atoms with van der Waals surface area (Å²) in [6.45, 7) is 16.2. The van der Waals surface area contributed by atoms with Crippen molar-refractivity contribution in [3.63, 3.8) is 0 Å². The van der Waals surface area contributed by atoms with E-state index in [9.17, 15) is 0 Å². The Morgan fingerprint density at radius 2 is 1.21 bits per heavy atom. The molecule has 0 radical (unpaired) electrons.